The molecule has 1 aliphatic rings. The molecule has 0 saturated heterocycles. The van der Waals surface area contributed by atoms with Gasteiger partial charge in [0.2, 0.25) is 0 Å². The van der Waals surface area contributed by atoms with Gasteiger partial charge in [-0.3, -0.25) is 4.79 Å². The fraction of sp³-hybridized carbons (Fsp3) is 0.857. The summed E-state index contributed by atoms with van der Waals surface area (Å²) in [6.45, 7) is 0. The Morgan fingerprint density at radius 3 is 2.36 bits per heavy atom. The summed E-state index contributed by atoms with van der Waals surface area (Å²) in [7, 11) is 0. The Hall–Kier alpha value is 0.430. The molecule has 1 aliphatic carbocycles. The Morgan fingerprint density at radius 2 is 1.91 bits per heavy atom. The summed E-state index contributed by atoms with van der Waals surface area (Å²) in [5, 5.41) is 8.71. The van der Waals surface area contributed by atoms with Crippen molar-refractivity contribution in [1.82, 2.24) is 0 Å². The summed E-state index contributed by atoms with van der Waals surface area (Å²) in [4.78, 5) is 11.3. The zero-order valence-electron chi connectivity index (χ0n) is 5.96. The predicted molar refractivity (Wildman–Crippen MR) is 50.4 cm³/mol. The Bertz CT molecular complexity index is 161. The normalized spacial score (nSPS) is 38.5. The van der Waals surface area contributed by atoms with E-state index in [1.807, 2.05) is 0 Å². The van der Waals surface area contributed by atoms with Gasteiger partial charge in [-0.15, -0.1) is 0 Å². The Kier molecular flexibility index (Phi) is 3.37. The second-order valence-corrected chi connectivity index (χ2v) is 5.23. The molecule has 1 saturated carbocycles. The van der Waals surface area contributed by atoms with Crippen LogP contribution in [0, 0.1) is 5.92 Å². The van der Waals surface area contributed by atoms with Crippen LogP contribution < -0.4 is 0 Å². The molecule has 3 atom stereocenters. The molecule has 0 aliphatic heterocycles. The van der Waals surface area contributed by atoms with Crippen molar-refractivity contribution in [1.29, 1.82) is 0 Å². The second-order valence-electron chi connectivity index (χ2n) is 2.88. The minimum absolute atomic E-state index is 0.145. The van der Waals surface area contributed by atoms with Crippen molar-refractivity contribution in [3.63, 3.8) is 0 Å². The summed E-state index contributed by atoms with van der Waals surface area (Å²) in [6, 6.07) is 0. The first-order valence-corrected chi connectivity index (χ1v) is 5.45. The van der Waals surface area contributed by atoms with Crippen molar-refractivity contribution in [3.8, 4) is 0 Å². The molecule has 0 aromatic rings. The molecule has 11 heavy (non-hydrogen) atoms. The molecule has 0 aromatic carbocycles. The zero-order chi connectivity index (χ0) is 8.43. The summed E-state index contributed by atoms with van der Waals surface area (Å²) in [5.41, 5.74) is 0. The highest BCUT2D eigenvalue weighted by atomic mass is 79.9. The minimum atomic E-state index is -0.658. The minimum Gasteiger partial charge on any atom is -0.481 e. The Morgan fingerprint density at radius 1 is 1.27 bits per heavy atom. The van der Waals surface area contributed by atoms with E-state index in [2.05, 4.69) is 31.9 Å². The highest BCUT2D eigenvalue weighted by Gasteiger charge is 2.30. The van der Waals surface area contributed by atoms with E-state index < -0.39 is 5.97 Å². The molecule has 1 fully saturated rings. The van der Waals surface area contributed by atoms with E-state index in [1.54, 1.807) is 0 Å². The molecule has 4 heteroatoms. The van der Waals surface area contributed by atoms with Gasteiger partial charge in [-0.1, -0.05) is 31.9 Å². The largest absolute Gasteiger partial charge is 0.481 e. The van der Waals surface area contributed by atoms with Crippen molar-refractivity contribution >= 4 is 37.8 Å². The van der Waals surface area contributed by atoms with Crippen LogP contribution in [0.2, 0.25) is 0 Å². The standard InChI is InChI=1S/C7H10Br2O2/c8-5-2-1-4(7(10)11)3-6(5)9/h4-6H,1-3H2,(H,10,11). The number of rotatable bonds is 1. The molecule has 0 radical (unpaired) electrons. The lowest BCUT2D eigenvalue weighted by Gasteiger charge is -2.26. The first kappa shape index (κ1) is 9.52. The van der Waals surface area contributed by atoms with Gasteiger partial charge in [0, 0.05) is 9.65 Å². The number of alkyl halides is 2. The van der Waals surface area contributed by atoms with Gasteiger partial charge in [0.15, 0.2) is 0 Å². The topological polar surface area (TPSA) is 37.3 Å². The van der Waals surface area contributed by atoms with Crippen LogP contribution in [0.4, 0.5) is 0 Å². The van der Waals surface area contributed by atoms with Crippen LogP contribution in [0.5, 0.6) is 0 Å². The van der Waals surface area contributed by atoms with Crippen molar-refractivity contribution in [2.45, 2.75) is 28.9 Å². The summed E-state index contributed by atoms with van der Waals surface area (Å²) in [6.07, 6.45) is 2.49. The maximum atomic E-state index is 10.6. The molecular formula is C7H10Br2O2. The van der Waals surface area contributed by atoms with E-state index in [4.69, 9.17) is 5.11 Å². The predicted octanol–water partition coefficient (Wildman–Crippen LogP) is 2.40. The van der Waals surface area contributed by atoms with Crippen molar-refractivity contribution in [3.05, 3.63) is 0 Å². The fourth-order valence-electron chi connectivity index (χ4n) is 1.30. The summed E-state index contributed by atoms with van der Waals surface area (Å²) in [5.74, 6) is -0.804. The van der Waals surface area contributed by atoms with Gasteiger partial charge in [0.05, 0.1) is 5.92 Å². The van der Waals surface area contributed by atoms with Crippen LogP contribution in [-0.4, -0.2) is 20.7 Å². The number of carboxylic acid groups (broad SMARTS) is 1. The first-order valence-electron chi connectivity index (χ1n) is 3.62. The molecule has 1 N–H and O–H groups in total. The molecule has 3 unspecified atom stereocenters. The van der Waals surface area contributed by atoms with Gasteiger partial charge in [-0.2, -0.15) is 0 Å². The first-order chi connectivity index (χ1) is 5.11. The maximum absolute atomic E-state index is 10.6. The van der Waals surface area contributed by atoms with E-state index in [1.165, 1.54) is 0 Å². The van der Waals surface area contributed by atoms with Gasteiger partial charge in [-0.25, -0.2) is 0 Å². The van der Waals surface area contributed by atoms with Crippen molar-refractivity contribution in [2.75, 3.05) is 0 Å². The van der Waals surface area contributed by atoms with Crippen LogP contribution >= 0.6 is 31.9 Å². The molecule has 1 rings (SSSR count). The Labute approximate surface area is 82.6 Å². The van der Waals surface area contributed by atoms with Crippen molar-refractivity contribution in [2.24, 2.45) is 5.92 Å². The van der Waals surface area contributed by atoms with E-state index >= 15 is 0 Å². The summed E-state index contributed by atoms with van der Waals surface area (Å²) >= 11 is 6.94. The van der Waals surface area contributed by atoms with Crippen molar-refractivity contribution < 1.29 is 9.90 Å². The lowest BCUT2D eigenvalue weighted by Crippen LogP contribution is -2.29. The van der Waals surface area contributed by atoms with E-state index in [9.17, 15) is 4.79 Å². The van der Waals surface area contributed by atoms with Gasteiger partial charge in [0.25, 0.3) is 0 Å². The van der Waals surface area contributed by atoms with Gasteiger partial charge < -0.3 is 5.11 Å². The number of halogens is 2. The third-order valence-corrected chi connectivity index (χ3v) is 4.86. The molecule has 0 heterocycles. The average Bonchev–Trinajstić information content (AvgIpc) is 1.94. The number of aliphatic carboxylic acids is 1. The second kappa shape index (κ2) is 3.90. The number of hydrogen-bond donors (Lipinski definition) is 1. The van der Waals surface area contributed by atoms with Crippen LogP contribution in [0.1, 0.15) is 19.3 Å². The number of carbonyl (C=O) groups is 1. The van der Waals surface area contributed by atoms with Gasteiger partial charge in [-0.05, 0) is 19.3 Å². The van der Waals surface area contributed by atoms with Gasteiger partial charge in [0.1, 0.15) is 0 Å². The Balaban J connectivity index is 2.46. The lowest BCUT2D eigenvalue weighted by atomic mass is 9.89. The van der Waals surface area contributed by atoms with Gasteiger partial charge >= 0.3 is 5.97 Å². The molecule has 0 spiro atoms. The quantitative estimate of drug-likeness (QED) is 0.751. The molecule has 0 amide bonds. The van der Waals surface area contributed by atoms with Crippen LogP contribution in [0.3, 0.4) is 0 Å². The van der Waals surface area contributed by atoms with Crippen LogP contribution in [0.15, 0.2) is 0 Å². The van der Waals surface area contributed by atoms with Crippen LogP contribution in [0.25, 0.3) is 0 Å². The molecule has 2 nitrogen and oxygen atoms in total. The number of carboxylic acids is 1. The maximum Gasteiger partial charge on any atom is 0.306 e. The molecular weight excluding hydrogens is 276 g/mol. The summed E-state index contributed by atoms with van der Waals surface area (Å²) < 4.78 is 0. The highest BCUT2D eigenvalue weighted by Crippen LogP contribution is 2.33. The van der Waals surface area contributed by atoms with E-state index in [0.717, 1.165) is 19.3 Å². The van der Waals surface area contributed by atoms with Crippen LogP contribution in [-0.2, 0) is 4.79 Å². The molecule has 0 bridgehead atoms. The number of hydrogen-bond acceptors (Lipinski definition) is 1. The molecule has 64 valence electrons. The van der Waals surface area contributed by atoms with E-state index in [-0.39, 0.29) is 5.92 Å². The lowest BCUT2D eigenvalue weighted by molar-refractivity contribution is -0.142. The third-order valence-electron chi connectivity index (χ3n) is 2.04. The third kappa shape index (κ3) is 2.44. The zero-order valence-corrected chi connectivity index (χ0v) is 9.14. The monoisotopic (exact) mass is 284 g/mol. The smallest absolute Gasteiger partial charge is 0.306 e. The molecule has 0 aromatic heterocycles. The SMILES string of the molecule is O=C(O)C1CCC(Br)C(Br)C1. The fourth-order valence-corrected chi connectivity index (χ4v) is 2.50. The average molecular weight is 286 g/mol. The van der Waals surface area contributed by atoms with E-state index in [0.29, 0.717) is 9.65 Å². The highest BCUT2D eigenvalue weighted by molar-refractivity contribution is 9.12.